The highest BCUT2D eigenvalue weighted by molar-refractivity contribution is 7.14. The summed E-state index contributed by atoms with van der Waals surface area (Å²) in [6.07, 6.45) is 0. The number of oxime groups is 1. The van der Waals surface area contributed by atoms with Crippen LogP contribution in [0.15, 0.2) is 132 Å². The molecule has 0 saturated heterocycles. The molecule has 0 aliphatic carbocycles. The fourth-order valence-electron chi connectivity index (χ4n) is 4.49. The number of carbonyl (C=O) groups is 2. The Kier molecular flexibility index (Phi) is 8.64. The van der Waals surface area contributed by atoms with Gasteiger partial charge in [-0.2, -0.15) is 0 Å². The van der Waals surface area contributed by atoms with Gasteiger partial charge in [0.15, 0.2) is 5.13 Å². The first-order chi connectivity index (χ1) is 20.8. The van der Waals surface area contributed by atoms with Gasteiger partial charge in [0.05, 0.1) is 0 Å². The lowest BCUT2D eigenvalue weighted by atomic mass is 9.77. The molecule has 1 heterocycles. The number of para-hydroxylation sites is 1. The molecule has 0 spiro atoms. The van der Waals surface area contributed by atoms with Crippen molar-refractivity contribution < 1.29 is 24.3 Å². The Morgan fingerprint density at radius 2 is 1.23 bits per heavy atom. The first-order valence-corrected chi connectivity index (χ1v) is 14.3. The summed E-state index contributed by atoms with van der Waals surface area (Å²) in [6.45, 7) is 2.90. The fourth-order valence-corrected chi connectivity index (χ4v) is 5.24. The number of ether oxygens (including phenoxy) is 1. The van der Waals surface area contributed by atoms with Crippen molar-refractivity contribution in [1.82, 2.24) is 4.98 Å². The zero-order chi connectivity index (χ0) is 30.3. The number of carboxylic acid groups (broad SMARTS) is 1. The number of rotatable bonds is 11. The highest BCUT2D eigenvalue weighted by Gasteiger charge is 2.38. The van der Waals surface area contributed by atoms with Crippen LogP contribution in [-0.4, -0.2) is 33.3 Å². The zero-order valence-corrected chi connectivity index (χ0v) is 24.3. The van der Waals surface area contributed by atoms with E-state index in [9.17, 15) is 14.7 Å². The van der Waals surface area contributed by atoms with Crippen molar-refractivity contribution in [2.45, 2.75) is 25.0 Å². The molecule has 2 N–H and O–H groups in total. The molecule has 0 bridgehead atoms. The lowest BCUT2D eigenvalue weighted by Gasteiger charge is -2.36. The molecule has 0 saturated carbocycles. The Hall–Kier alpha value is -5.28. The van der Waals surface area contributed by atoms with Gasteiger partial charge in [-0.05, 0) is 42.7 Å². The van der Waals surface area contributed by atoms with Gasteiger partial charge in [-0.1, -0.05) is 114 Å². The summed E-state index contributed by atoms with van der Waals surface area (Å²) in [4.78, 5) is 35.0. The highest BCUT2D eigenvalue weighted by Crippen LogP contribution is 2.40. The minimum atomic E-state index is -1.57. The molecule has 216 valence electrons. The number of aliphatic carboxylic acids is 1. The van der Waals surface area contributed by atoms with Gasteiger partial charge >= 0.3 is 11.9 Å². The van der Waals surface area contributed by atoms with E-state index in [1.807, 2.05) is 91.0 Å². The number of hydrogen-bond donors (Lipinski definition) is 2. The zero-order valence-electron chi connectivity index (χ0n) is 23.5. The average molecular weight is 592 g/mol. The van der Waals surface area contributed by atoms with Crippen molar-refractivity contribution in [2.75, 3.05) is 5.32 Å². The van der Waals surface area contributed by atoms with E-state index in [1.54, 1.807) is 35.7 Å². The largest absolute Gasteiger partial charge is 0.476 e. The SMILES string of the molecule is CC(C)(ON=C(C(=O)O)c1csc(NC(c2ccccc2)(c2ccccc2)c2ccccc2)n1)C(=O)Oc1ccccc1. The molecule has 0 fully saturated rings. The maximum atomic E-state index is 12.7. The van der Waals surface area contributed by atoms with E-state index in [0.29, 0.717) is 10.9 Å². The van der Waals surface area contributed by atoms with Gasteiger partial charge in [-0.15, -0.1) is 11.3 Å². The summed E-state index contributed by atoms with van der Waals surface area (Å²) >= 11 is 1.23. The van der Waals surface area contributed by atoms with E-state index in [2.05, 4.69) is 15.5 Å². The van der Waals surface area contributed by atoms with Gasteiger partial charge in [0.25, 0.3) is 0 Å². The first-order valence-electron chi connectivity index (χ1n) is 13.5. The predicted molar refractivity (Wildman–Crippen MR) is 166 cm³/mol. The summed E-state index contributed by atoms with van der Waals surface area (Å²) in [5, 5.41) is 19.5. The van der Waals surface area contributed by atoms with E-state index in [-0.39, 0.29) is 5.69 Å². The van der Waals surface area contributed by atoms with Crippen LogP contribution in [0.5, 0.6) is 5.75 Å². The third kappa shape index (κ3) is 6.47. The molecule has 4 aromatic carbocycles. The third-order valence-electron chi connectivity index (χ3n) is 6.67. The molecular weight excluding hydrogens is 562 g/mol. The molecule has 0 aliphatic heterocycles. The summed E-state index contributed by atoms with van der Waals surface area (Å²) in [5.74, 6) is -1.75. The smallest absolute Gasteiger partial charge is 0.360 e. The van der Waals surface area contributed by atoms with E-state index < -0.39 is 28.8 Å². The number of nitrogens with one attached hydrogen (secondary N) is 1. The number of nitrogens with zero attached hydrogens (tertiary/aromatic N) is 2. The maximum absolute atomic E-state index is 12.7. The number of anilines is 1. The number of hydrogen-bond acceptors (Lipinski definition) is 8. The summed E-state index contributed by atoms with van der Waals surface area (Å²) in [6, 6.07) is 38.5. The molecule has 8 nitrogen and oxygen atoms in total. The Morgan fingerprint density at radius 3 is 1.70 bits per heavy atom. The number of carbonyl (C=O) groups excluding carboxylic acids is 1. The molecule has 0 atom stereocenters. The second-order valence-electron chi connectivity index (χ2n) is 10.1. The molecular formula is C34H29N3O5S. The average Bonchev–Trinajstić information content (AvgIpc) is 3.49. The van der Waals surface area contributed by atoms with Crippen LogP contribution in [0.1, 0.15) is 36.2 Å². The lowest BCUT2D eigenvalue weighted by molar-refractivity contribution is -0.158. The summed E-state index contributed by atoms with van der Waals surface area (Å²) in [5.41, 5.74) is 0.121. The predicted octanol–water partition coefficient (Wildman–Crippen LogP) is 6.74. The van der Waals surface area contributed by atoms with Crippen LogP contribution in [0.2, 0.25) is 0 Å². The van der Waals surface area contributed by atoms with Gasteiger partial charge in [0.1, 0.15) is 17.0 Å². The van der Waals surface area contributed by atoms with Crippen molar-refractivity contribution in [2.24, 2.45) is 5.16 Å². The second kappa shape index (κ2) is 12.7. The van der Waals surface area contributed by atoms with Crippen molar-refractivity contribution in [3.63, 3.8) is 0 Å². The molecule has 5 aromatic rings. The minimum absolute atomic E-state index is 0.0790. The Morgan fingerprint density at radius 1 is 0.767 bits per heavy atom. The monoisotopic (exact) mass is 591 g/mol. The van der Waals surface area contributed by atoms with Crippen molar-refractivity contribution in [3.8, 4) is 5.75 Å². The van der Waals surface area contributed by atoms with Crippen molar-refractivity contribution >= 4 is 34.1 Å². The summed E-state index contributed by atoms with van der Waals surface area (Å²) in [7, 11) is 0. The quantitative estimate of drug-likeness (QED) is 0.0576. The van der Waals surface area contributed by atoms with Crippen molar-refractivity contribution in [3.05, 3.63) is 149 Å². The number of thiazole rings is 1. The van der Waals surface area contributed by atoms with Gasteiger partial charge in [-0.3, -0.25) is 0 Å². The Balaban J connectivity index is 1.48. The van der Waals surface area contributed by atoms with Crippen LogP contribution >= 0.6 is 11.3 Å². The number of aromatic nitrogens is 1. The van der Waals surface area contributed by atoms with Gasteiger partial charge in [-0.25, -0.2) is 14.6 Å². The van der Waals surface area contributed by atoms with E-state index in [4.69, 9.17) is 9.57 Å². The molecule has 9 heteroatoms. The first kappa shape index (κ1) is 29.2. The Bertz CT molecular complexity index is 1610. The molecule has 0 aliphatic rings. The number of benzene rings is 4. The van der Waals surface area contributed by atoms with Gasteiger partial charge in [0.2, 0.25) is 11.3 Å². The maximum Gasteiger partial charge on any atom is 0.360 e. The molecule has 0 amide bonds. The van der Waals surface area contributed by atoms with Crippen LogP contribution in [-0.2, 0) is 20.0 Å². The van der Waals surface area contributed by atoms with Crippen LogP contribution < -0.4 is 10.1 Å². The molecule has 43 heavy (non-hydrogen) atoms. The van der Waals surface area contributed by atoms with Crippen LogP contribution in [0.25, 0.3) is 0 Å². The van der Waals surface area contributed by atoms with E-state index >= 15 is 0 Å². The number of esters is 1. The molecule has 0 unspecified atom stereocenters. The van der Waals surface area contributed by atoms with Crippen LogP contribution in [0, 0.1) is 0 Å². The van der Waals surface area contributed by atoms with E-state index in [1.165, 1.54) is 25.2 Å². The topological polar surface area (TPSA) is 110 Å². The fraction of sp³-hybridized carbons (Fsp3) is 0.118. The lowest BCUT2D eigenvalue weighted by Crippen LogP contribution is -2.38. The number of carboxylic acids is 1. The molecule has 5 rings (SSSR count). The van der Waals surface area contributed by atoms with Crippen molar-refractivity contribution in [1.29, 1.82) is 0 Å². The van der Waals surface area contributed by atoms with E-state index in [0.717, 1.165) is 16.7 Å². The second-order valence-corrected chi connectivity index (χ2v) is 10.9. The van der Waals surface area contributed by atoms with Gasteiger partial charge in [0, 0.05) is 5.38 Å². The normalized spacial score (nSPS) is 11.9. The van der Waals surface area contributed by atoms with Crippen LogP contribution in [0.3, 0.4) is 0 Å². The highest BCUT2D eigenvalue weighted by atomic mass is 32.1. The Labute approximate surface area is 253 Å². The summed E-state index contributed by atoms with van der Waals surface area (Å²) < 4.78 is 5.36. The molecule has 0 radical (unpaired) electrons. The standard InChI is InChI=1S/C34H29N3O5S/c1-33(2,31(40)41-27-21-13-6-14-22-27)42-37-29(30(38)39)28-23-43-32(35-28)36-34(24-15-7-3-8-16-24,25-17-9-4-10-18-25)26-19-11-5-12-20-26/h3-23H,1-2H3,(H,35,36)(H,38,39). The van der Waals surface area contributed by atoms with Gasteiger partial charge < -0.3 is 20.0 Å². The van der Waals surface area contributed by atoms with Crippen LogP contribution in [0.4, 0.5) is 5.13 Å². The third-order valence-corrected chi connectivity index (χ3v) is 7.43. The molecule has 1 aromatic heterocycles. The minimum Gasteiger partial charge on any atom is -0.476 e.